The van der Waals surface area contributed by atoms with Gasteiger partial charge < -0.3 is 13.8 Å². The summed E-state index contributed by atoms with van der Waals surface area (Å²) in [5, 5.41) is 4.77. The van der Waals surface area contributed by atoms with Crippen molar-refractivity contribution < 1.29 is 13.7 Å². The van der Waals surface area contributed by atoms with E-state index in [1.165, 1.54) is 12.0 Å². The number of likely N-dealkylation sites (tertiary alicyclic amines) is 1. The SMILES string of the molecule is CCc1ccc2occ(C(=O)N3CCC[C@H]3c3ncon3)c2c1. The standard InChI is InChI=1S/C17H17N3O3/c1-2-11-5-6-15-12(8-11)13(9-22-15)17(21)20-7-3-4-14(20)16-18-10-23-19-16/h5-6,8-10,14H,2-4,7H2,1H3/t14-/m0/s1. The van der Waals surface area contributed by atoms with Crippen molar-refractivity contribution >= 4 is 16.9 Å². The summed E-state index contributed by atoms with van der Waals surface area (Å²) in [6.45, 7) is 2.79. The molecule has 3 aromatic rings. The Morgan fingerprint density at radius 1 is 1.43 bits per heavy atom. The van der Waals surface area contributed by atoms with Gasteiger partial charge in [0.25, 0.3) is 5.91 Å². The van der Waals surface area contributed by atoms with E-state index >= 15 is 0 Å². The minimum absolute atomic E-state index is 0.0377. The lowest BCUT2D eigenvalue weighted by molar-refractivity contribution is 0.0729. The van der Waals surface area contributed by atoms with Gasteiger partial charge in [-0.3, -0.25) is 4.79 Å². The van der Waals surface area contributed by atoms with Crippen LogP contribution in [-0.2, 0) is 6.42 Å². The van der Waals surface area contributed by atoms with E-state index < -0.39 is 0 Å². The third-order valence-corrected chi connectivity index (χ3v) is 4.47. The molecule has 6 heteroatoms. The molecule has 2 aromatic heterocycles. The molecule has 1 aliphatic rings. The quantitative estimate of drug-likeness (QED) is 0.741. The van der Waals surface area contributed by atoms with E-state index in [4.69, 9.17) is 8.94 Å². The van der Waals surface area contributed by atoms with Crippen molar-refractivity contribution in [2.24, 2.45) is 0 Å². The van der Waals surface area contributed by atoms with Gasteiger partial charge in [-0.1, -0.05) is 18.1 Å². The molecule has 1 atom stereocenters. The zero-order valence-electron chi connectivity index (χ0n) is 12.9. The average Bonchev–Trinajstić information content (AvgIpc) is 3.31. The van der Waals surface area contributed by atoms with Crippen LogP contribution in [0.2, 0.25) is 0 Å². The second-order valence-electron chi connectivity index (χ2n) is 5.78. The fraction of sp³-hybridized carbons (Fsp3) is 0.353. The van der Waals surface area contributed by atoms with E-state index in [0.29, 0.717) is 17.9 Å². The first-order valence-electron chi connectivity index (χ1n) is 7.85. The van der Waals surface area contributed by atoms with Gasteiger partial charge in [0.1, 0.15) is 11.8 Å². The molecule has 1 amide bonds. The van der Waals surface area contributed by atoms with Crippen LogP contribution in [0.1, 0.15) is 47.6 Å². The minimum atomic E-state index is -0.124. The van der Waals surface area contributed by atoms with Crippen LogP contribution in [0.5, 0.6) is 0 Å². The third kappa shape index (κ3) is 2.30. The smallest absolute Gasteiger partial charge is 0.258 e. The fourth-order valence-electron chi connectivity index (χ4n) is 3.22. The molecule has 0 N–H and O–H groups in total. The number of amides is 1. The molecule has 0 spiro atoms. The number of benzene rings is 1. The maximum absolute atomic E-state index is 13.0. The number of furan rings is 1. The number of hydrogen-bond acceptors (Lipinski definition) is 5. The van der Waals surface area contributed by atoms with Crippen LogP contribution in [-0.4, -0.2) is 27.5 Å². The van der Waals surface area contributed by atoms with Gasteiger partial charge in [0, 0.05) is 11.9 Å². The molecule has 0 bridgehead atoms. The number of hydrogen-bond donors (Lipinski definition) is 0. The first-order chi connectivity index (χ1) is 11.3. The molecule has 4 rings (SSSR count). The van der Waals surface area contributed by atoms with Gasteiger partial charge in [0.2, 0.25) is 6.39 Å². The van der Waals surface area contributed by atoms with Crippen LogP contribution >= 0.6 is 0 Å². The van der Waals surface area contributed by atoms with Gasteiger partial charge in [0.15, 0.2) is 5.82 Å². The van der Waals surface area contributed by atoms with Crippen LogP contribution in [0.3, 0.4) is 0 Å². The highest BCUT2D eigenvalue weighted by atomic mass is 16.5. The molecule has 1 aromatic carbocycles. The number of fused-ring (bicyclic) bond motifs is 1. The number of carbonyl (C=O) groups is 1. The second-order valence-corrected chi connectivity index (χ2v) is 5.78. The lowest BCUT2D eigenvalue weighted by Crippen LogP contribution is -2.30. The molecule has 3 heterocycles. The van der Waals surface area contributed by atoms with Gasteiger partial charge in [-0.15, -0.1) is 0 Å². The molecular weight excluding hydrogens is 294 g/mol. The number of nitrogens with zero attached hydrogens (tertiary/aromatic N) is 3. The highest BCUT2D eigenvalue weighted by Crippen LogP contribution is 2.33. The van der Waals surface area contributed by atoms with Crippen LogP contribution < -0.4 is 0 Å². The highest BCUT2D eigenvalue weighted by molar-refractivity contribution is 6.06. The maximum Gasteiger partial charge on any atom is 0.258 e. The van der Waals surface area contributed by atoms with Crippen molar-refractivity contribution in [3.8, 4) is 0 Å². The van der Waals surface area contributed by atoms with Crippen molar-refractivity contribution in [3.63, 3.8) is 0 Å². The zero-order chi connectivity index (χ0) is 15.8. The van der Waals surface area contributed by atoms with Crippen LogP contribution in [0.25, 0.3) is 11.0 Å². The molecule has 23 heavy (non-hydrogen) atoms. The van der Waals surface area contributed by atoms with E-state index in [1.54, 1.807) is 6.26 Å². The lowest BCUT2D eigenvalue weighted by Gasteiger charge is -2.21. The summed E-state index contributed by atoms with van der Waals surface area (Å²) in [5.74, 6) is 0.530. The van der Waals surface area contributed by atoms with Crippen LogP contribution in [0.4, 0.5) is 0 Å². The highest BCUT2D eigenvalue weighted by Gasteiger charge is 2.34. The maximum atomic E-state index is 13.0. The van der Waals surface area contributed by atoms with E-state index in [1.807, 2.05) is 23.1 Å². The molecule has 1 saturated heterocycles. The van der Waals surface area contributed by atoms with E-state index in [-0.39, 0.29) is 11.9 Å². The lowest BCUT2D eigenvalue weighted by atomic mass is 10.1. The largest absolute Gasteiger partial charge is 0.463 e. The van der Waals surface area contributed by atoms with Gasteiger partial charge in [-0.05, 0) is 37.0 Å². The number of aryl methyl sites for hydroxylation is 1. The van der Waals surface area contributed by atoms with Gasteiger partial charge >= 0.3 is 0 Å². The Kier molecular flexibility index (Phi) is 3.37. The second kappa shape index (κ2) is 5.53. The predicted octanol–water partition coefficient (Wildman–Crippen LogP) is 3.36. The van der Waals surface area contributed by atoms with Crippen molar-refractivity contribution in [2.45, 2.75) is 32.2 Å². The van der Waals surface area contributed by atoms with Crippen molar-refractivity contribution in [3.05, 3.63) is 47.8 Å². The summed E-state index contributed by atoms with van der Waals surface area (Å²) in [6, 6.07) is 5.86. The molecule has 118 valence electrons. The number of rotatable bonds is 3. The zero-order valence-corrected chi connectivity index (χ0v) is 12.9. The van der Waals surface area contributed by atoms with Crippen molar-refractivity contribution in [1.29, 1.82) is 0 Å². The summed E-state index contributed by atoms with van der Waals surface area (Å²) in [7, 11) is 0. The van der Waals surface area contributed by atoms with E-state index in [0.717, 1.165) is 30.2 Å². The molecule has 1 aliphatic heterocycles. The van der Waals surface area contributed by atoms with Gasteiger partial charge in [-0.2, -0.15) is 4.98 Å². The monoisotopic (exact) mass is 311 g/mol. The summed E-state index contributed by atoms with van der Waals surface area (Å²) >= 11 is 0. The molecule has 0 radical (unpaired) electrons. The van der Waals surface area contributed by atoms with Crippen molar-refractivity contribution in [2.75, 3.05) is 6.54 Å². The number of aromatic nitrogens is 2. The predicted molar refractivity (Wildman–Crippen MR) is 82.9 cm³/mol. The first-order valence-corrected chi connectivity index (χ1v) is 7.85. The number of carbonyl (C=O) groups excluding carboxylic acids is 1. The molecule has 0 aliphatic carbocycles. The van der Waals surface area contributed by atoms with Gasteiger partial charge in [0.05, 0.1) is 11.6 Å². The molecular formula is C17H17N3O3. The molecule has 0 saturated carbocycles. The Labute approximate surface area is 133 Å². The Balaban J connectivity index is 1.71. The average molecular weight is 311 g/mol. The summed E-state index contributed by atoms with van der Waals surface area (Å²) in [4.78, 5) is 18.9. The Hall–Kier alpha value is -2.63. The van der Waals surface area contributed by atoms with Crippen LogP contribution in [0.15, 0.2) is 39.8 Å². The van der Waals surface area contributed by atoms with Crippen molar-refractivity contribution in [1.82, 2.24) is 15.0 Å². The molecule has 1 fully saturated rings. The third-order valence-electron chi connectivity index (χ3n) is 4.47. The first kappa shape index (κ1) is 14.0. The van der Waals surface area contributed by atoms with E-state index in [9.17, 15) is 4.79 Å². The summed E-state index contributed by atoms with van der Waals surface area (Å²) in [6.07, 6.45) is 5.56. The Morgan fingerprint density at radius 3 is 3.13 bits per heavy atom. The fourth-order valence-corrected chi connectivity index (χ4v) is 3.22. The van der Waals surface area contributed by atoms with Gasteiger partial charge in [-0.25, -0.2) is 0 Å². The summed E-state index contributed by atoms with van der Waals surface area (Å²) < 4.78 is 10.4. The Bertz CT molecular complexity index is 838. The molecule has 0 unspecified atom stereocenters. The Morgan fingerprint density at radius 2 is 2.35 bits per heavy atom. The minimum Gasteiger partial charge on any atom is -0.463 e. The molecule has 6 nitrogen and oxygen atoms in total. The van der Waals surface area contributed by atoms with E-state index in [2.05, 4.69) is 17.1 Å². The topological polar surface area (TPSA) is 72.4 Å². The van der Waals surface area contributed by atoms with Crippen LogP contribution in [0, 0.1) is 0 Å². The summed E-state index contributed by atoms with van der Waals surface area (Å²) in [5.41, 5.74) is 2.52. The normalized spacial score (nSPS) is 18.0.